The van der Waals surface area contributed by atoms with Gasteiger partial charge >= 0.3 is 12.3 Å². The van der Waals surface area contributed by atoms with E-state index in [2.05, 4.69) is 0 Å². The normalized spacial score (nSPS) is 11.1. The monoisotopic (exact) mass is 425 g/mol. The molecule has 31 heavy (non-hydrogen) atoms. The predicted molar refractivity (Wildman–Crippen MR) is 111 cm³/mol. The molecule has 0 unspecified atom stereocenters. The number of hydrogen-bond donors (Lipinski definition) is 2. The Morgan fingerprint density at radius 3 is 2.00 bits per heavy atom. The zero-order chi connectivity index (χ0) is 22.3. The molecule has 3 aromatic heterocycles. The average molecular weight is 425 g/mol. The smallest absolute Gasteiger partial charge is 0.497 e. The van der Waals surface area contributed by atoms with Crippen molar-refractivity contribution in [1.82, 2.24) is 4.40 Å². The van der Waals surface area contributed by atoms with Crippen LogP contribution in [-0.4, -0.2) is 41.1 Å². The molecular weight excluding hydrogens is 406 g/mol. The van der Waals surface area contributed by atoms with Crippen LogP contribution in [0.25, 0.3) is 27.7 Å². The molecule has 0 spiro atoms. The van der Waals surface area contributed by atoms with Gasteiger partial charge in [0.15, 0.2) is 0 Å². The summed E-state index contributed by atoms with van der Waals surface area (Å²) < 4.78 is 22.4. The highest BCUT2D eigenvalue weighted by Crippen LogP contribution is 2.50. The molecular formula is C22H19NO8. The number of aromatic nitrogens is 1. The summed E-state index contributed by atoms with van der Waals surface area (Å²) in [5.41, 5.74) is 3.85. The van der Waals surface area contributed by atoms with E-state index in [0.717, 1.165) is 16.6 Å². The molecule has 0 aliphatic heterocycles. The summed E-state index contributed by atoms with van der Waals surface area (Å²) in [6.45, 7) is 1.98. The lowest BCUT2D eigenvalue weighted by Crippen LogP contribution is -2.07. The van der Waals surface area contributed by atoms with Crippen LogP contribution in [-0.2, 0) is 6.42 Å². The number of ether oxygens (including phenoxy) is 4. The van der Waals surface area contributed by atoms with Crippen molar-refractivity contribution in [1.29, 1.82) is 0 Å². The molecule has 0 saturated carbocycles. The second-order valence-corrected chi connectivity index (χ2v) is 6.68. The molecule has 0 aliphatic rings. The van der Waals surface area contributed by atoms with Gasteiger partial charge in [0, 0.05) is 17.7 Å². The molecule has 0 radical (unpaired) electrons. The van der Waals surface area contributed by atoms with E-state index < -0.39 is 12.3 Å². The highest BCUT2D eigenvalue weighted by atomic mass is 16.7. The van der Waals surface area contributed by atoms with E-state index >= 15 is 0 Å². The number of carboxylic acid groups (broad SMARTS) is 2. The van der Waals surface area contributed by atoms with Crippen LogP contribution in [0, 0.1) is 0 Å². The number of rotatable bonds is 6. The third kappa shape index (κ3) is 3.20. The van der Waals surface area contributed by atoms with Gasteiger partial charge < -0.3 is 33.6 Å². The third-order valence-corrected chi connectivity index (χ3v) is 5.11. The van der Waals surface area contributed by atoms with Gasteiger partial charge in [-0.2, -0.15) is 0 Å². The van der Waals surface area contributed by atoms with E-state index in [1.165, 1.54) is 7.11 Å². The Morgan fingerprint density at radius 1 is 0.871 bits per heavy atom. The lowest BCUT2D eigenvalue weighted by molar-refractivity contribution is 0.134. The molecule has 0 atom stereocenters. The zero-order valence-corrected chi connectivity index (χ0v) is 17.0. The molecule has 0 fully saturated rings. The van der Waals surface area contributed by atoms with Gasteiger partial charge in [0.25, 0.3) is 0 Å². The lowest BCUT2D eigenvalue weighted by Gasteiger charge is -2.09. The molecule has 0 saturated heterocycles. The van der Waals surface area contributed by atoms with Gasteiger partial charge in [-0.15, -0.1) is 0 Å². The summed E-state index contributed by atoms with van der Waals surface area (Å²) >= 11 is 0. The van der Waals surface area contributed by atoms with Crippen LogP contribution in [0.15, 0.2) is 36.4 Å². The highest BCUT2D eigenvalue weighted by Gasteiger charge is 2.31. The van der Waals surface area contributed by atoms with E-state index in [4.69, 9.17) is 18.9 Å². The van der Waals surface area contributed by atoms with Crippen molar-refractivity contribution in [2.24, 2.45) is 0 Å². The van der Waals surface area contributed by atoms with Crippen LogP contribution in [0.2, 0.25) is 0 Å². The fraction of sp³-hybridized carbons (Fsp3) is 0.182. The van der Waals surface area contributed by atoms with Crippen LogP contribution >= 0.6 is 0 Å². The minimum Gasteiger partial charge on any atom is -0.497 e. The minimum absolute atomic E-state index is 0.196. The minimum atomic E-state index is -1.59. The Hall–Kier alpha value is -4.14. The quantitative estimate of drug-likeness (QED) is 0.420. The summed E-state index contributed by atoms with van der Waals surface area (Å²) in [5, 5.41) is 18.6. The average Bonchev–Trinajstić information content (AvgIpc) is 3.23. The lowest BCUT2D eigenvalue weighted by atomic mass is 9.99. The molecule has 2 N–H and O–H groups in total. The number of methoxy groups -OCH3 is 2. The first kappa shape index (κ1) is 20.1. The predicted octanol–water partition coefficient (Wildman–Crippen LogP) is 4.89. The molecule has 9 heteroatoms. The number of carbonyl (C=O) groups is 2. The van der Waals surface area contributed by atoms with Crippen LogP contribution in [0.5, 0.6) is 23.0 Å². The van der Waals surface area contributed by atoms with Crippen molar-refractivity contribution in [2.45, 2.75) is 13.3 Å². The maximum Gasteiger partial charge on any atom is 0.511 e. The van der Waals surface area contributed by atoms with Crippen molar-refractivity contribution in [3.05, 3.63) is 42.0 Å². The Morgan fingerprint density at radius 2 is 1.45 bits per heavy atom. The zero-order valence-electron chi connectivity index (χ0n) is 17.0. The Balaban J connectivity index is 2.18. The Kier molecular flexibility index (Phi) is 4.94. The Labute approximate surface area is 176 Å². The molecule has 1 aromatic carbocycles. The van der Waals surface area contributed by atoms with E-state index in [1.54, 1.807) is 35.8 Å². The van der Waals surface area contributed by atoms with E-state index in [0.29, 0.717) is 34.5 Å². The fourth-order valence-corrected chi connectivity index (χ4v) is 3.93. The molecule has 4 rings (SSSR count). The van der Waals surface area contributed by atoms with Crippen molar-refractivity contribution in [3.8, 4) is 34.1 Å². The second-order valence-electron chi connectivity index (χ2n) is 6.68. The SMILES string of the molecule is CCc1c(-c2ccc(OC)cc2)c2c(OC(=O)O)c(OC(=O)O)c3cc(OC)cc1n32. The van der Waals surface area contributed by atoms with Crippen LogP contribution in [0.3, 0.4) is 0 Å². The van der Waals surface area contributed by atoms with Crippen molar-refractivity contribution < 1.29 is 38.7 Å². The summed E-state index contributed by atoms with van der Waals surface area (Å²) in [5.74, 6) is 0.715. The number of pyridine rings is 1. The topological polar surface area (TPSA) is 116 Å². The maximum atomic E-state index is 11.5. The number of hydrogen-bond acceptors (Lipinski definition) is 6. The van der Waals surface area contributed by atoms with Gasteiger partial charge in [-0.25, -0.2) is 9.59 Å². The summed E-state index contributed by atoms with van der Waals surface area (Å²) in [4.78, 5) is 22.8. The number of benzene rings is 1. The second kappa shape index (κ2) is 7.60. The summed E-state index contributed by atoms with van der Waals surface area (Å²) in [6.07, 6.45) is -2.56. The van der Waals surface area contributed by atoms with Crippen molar-refractivity contribution in [2.75, 3.05) is 14.2 Å². The Bertz CT molecular complexity index is 1290. The molecule has 0 bridgehead atoms. The first-order chi connectivity index (χ1) is 14.9. The van der Waals surface area contributed by atoms with Crippen LogP contribution in [0.4, 0.5) is 9.59 Å². The number of nitrogens with zero attached hydrogens (tertiary/aromatic N) is 1. The van der Waals surface area contributed by atoms with Gasteiger partial charge in [0.1, 0.15) is 17.0 Å². The number of aryl methyl sites for hydroxylation is 1. The first-order valence-corrected chi connectivity index (χ1v) is 9.35. The highest BCUT2D eigenvalue weighted by molar-refractivity contribution is 6.03. The van der Waals surface area contributed by atoms with Crippen LogP contribution in [0.1, 0.15) is 12.5 Å². The summed E-state index contributed by atoms with van der Waals surface area (Å²) in [6, 6.07) is 10.6. The third-order valence-electron chi connectivity index (χ3n) is 5.11. The summed E-state index contributed by atoms with van der Waals surface area (Å²) in [7, 11) is 3.05. The molecule has 0 aliphatic carbocycles. The maximum absolute atomic E-state index is 11.5. The molecule has 3 heterocycles. The van der Waals surface area contributed by atoms with Gasteiger partial charge in [-0.3, -0.25) is 0 Å². The molecule has 160 valence electrons. The fourth-order valence-electron chi connectivity index (χ4n) is 3.93. The van der Waals surface area contributed by atoms with E-state index in [1.807, 2.05) is 19.1 Å². The van der Waals surface area contributed by atoms with Gasteiger partial charge in [0.05, 0.1) is 25.3 Å². The van der Waals surface area contributed by atoms with E-state index in [9.17, 15) is 19.8 Å². The molecule has 0 amide bonds. The molecule has 4 aromatic rings. The van der Waals surface area contributed by atoms with Crippen molar-refractivity contribution in [3.63, 3.8) is 0 Å². The standard InChI is InChI=1S/C22H19NO8/c1-4-14-15-9-13(29-3)10-16-19(30-21(24)25)20(31-22(26)27)18(23(15)16)17(14)11-5-7-12(28-2)8-6-11/h5-10H,4H2,1-3H3,(H,24,25)(H,26,27). The van der Waals surface area contributed by atoms with Gasteiger partial charge in [-0.1, -0.05) is 19.1 Å². The first-order valence-electron chi connectivity index (χ1n) is 9.35. The largest absolute Gasteiger partial charge is 0.511 e. The van der Waals surface area contributed by atoms with E-state index in [-0.39, 0.29) is 11.5 Å². The van der Waals surface area contributed by atoms with Crippen LogP contribution < -0.4 is 18.9 Å². The van der Waals surface area contributed by atoms with Gasteiger partial charge in [-0.05, 0) is 29.7 Å². The van der Waals surface area contributed by atoms with Crippen molar-refractivity contribution >= 4 is 28.9 Å². The molecule has 9 nitrogen and oxygen atoms in total. The van der Waals surface area contributed by atoms with Gasteiger partial charge in [0.2, 0.25) is 11.5 Å².